The van der Waals surface area contributed by atoms with Gasteiger partial charge in [0, 0.05) is 51.9 Å². The third-order valence-corrected chi connectivity index (χ3v) is 9.89. The van der Waals surface area contributed by atoms with Crippen molar-refractivity contribution in [2.24, 2.45) is 32.7 Å². The molecule has 0 amide bonds. The first kappa shape index (κ1) is 32.1. The maximum Gasteiger partial charge on any atom is 0.316 e. The zero-order chi connectivity index (χ0) is 33.7. The number of hydrogen-bond acceptors (Lipinski definition) is 10. The summed E-state index contributed by atoms with van der Waals surface area (Å²) in [5, 5.41) is 25.7. The summed E-state index contributed by atoms with van der Waals surface area (Å²) in [6, 6.07) is 0. The van der Waals surface area contributed by atoms with Gasteiger partial charge in [-0.3, -0.25) is 9.59 Å². The van der Waals surface area contributed by atoms with Crippen LogP contribution in [0.25, 0.3) is 0 Å². The first-order chi connectivity index (χ1) is 22.6. The number of aliphatic hydroxyl groups excluding tert-OH is 2. The zero-order valence-electron chi connectivity index (χ0n) is 27.6. The number of fused-ring (bicyclic) bond motifs is 5. The number of carbonyl (C=O) groups excluding carboxylic acids is 2. The molecule has 0 aromatic heterocycles. The normalized spacial score (nSPS) is 27.1. The summed E-state index contributed by atoms with van der Waals surface area (Å²) in [4.78, 5) is 40.9. The van der Waals surface area contributed by atoms with Crippen molar-refractivity contribution in [3.63, 3.8) is 0 Å². The molecule has 1 unspecified atom stereocenters. The van der Waals surface area contributed by atoms with Gasteiger partial charge in [-0.2, -0.15) is 0 Å². The van der Waals surface area contributed by atoms with Gasteiger partial charge in [0.2, 0.25) is 0 Å². The summed E-state index contributed by atoms with van der Waals surface area (Å²) in [7, 11) is 1.31. The molecule has 47 heavy (non-hydrogen) atoms. The Bertz CT molecular complexity index is 1850. The predicted octanol–water partition coefficient (Wildman–Crippen LogP) is 5.56. The summed E-state index contributed by atoms with van der Waals surface area (Å²) in [6.07, 6.45) is 8.61. The Hall–Kier alpha value is -4.83. The molecule has 6 rings (SSSR count). The lowest BCUT2D eigenvalue weighted by Gasteiger charge is -2.20. The molecule has 1 aliphatic carbocycles. The molecular formula is C37H40N4O6. The van der Waals surface area contributed by atoms with E-state index in [1.54, 1.807) is 13.0 Å². The fraction of sp³-hybridized carbons (Fsp3) is 0.378. The highest BCUT2D eigenvalue weighted by molar-refractivity contribution is 6.23. The summed E-state index contributed by atoms with van der Waals surface area (Å²) in [6.45, 7) is 14.0. The second-order valence-electron chi connectivity index (χ2n) is 12.3. The van der Waals surface area contributed by atoms with Crippen LogP contribution < -0.4 is 5.32 Å². The summed E-state index contributed by atoms with van der Waals surface area (Å²) in [5.41, 5.74) is 10.4. The summed E-state index contributed by atoms with van der Waals surface area (Å²) >= 11 is 0. The largest absolute Gasteiger partial charge is 0.515 e. The predicted molar refractivity (Wildman–Crippen MR) is 180 cm³/mol. The fourth-order valence-corrected chi connectivity index (χ4v) is 7.41. The quantitative estimate of drug-likeness (QED) is 0.245. The number of ether oxygens (including phenoxy) is 2. The van der Waals surface area contributed by atoms with Crippen LogP contribution in [0.2, 0.25) is 0 Å². The molecule has 6 aliphatic rings. The van der Waals surface area contributed by atoms with Gasteiger partial charge in [0.05, 0.1) is 60.3 Å². The Kier molecular flexibility index (Phi) is 8.48. The molecular weight excluding hydrogens is 596 g/mol. The van der Waals surface area contributed by atoms with Crippen LogP contribution in [0.15, 0.2) is 120 Å². The highest BCUT2D eigenvalue weighted by Gasteiger charge is 2.51. The van der Waals surface area contributed by atoms with Crippen molar-refractivity contribution in [3.05, 3.63) is 105 Å². The number of nitrogens with one attached hydrogen (secondary N) is 1. The lowest BCUT2D eigenvalue weighted by molar-refractivity contribution is -0.146. The fourth-order valence-electron chi connectivity index (χ4n) is 7.41. The lowest BCUT2D eigenvalue weighted by Crippen LogP contribution is -2.29. The zero-order valence-corrected chi connectivity index (χ0v) is 27.6. The number of methoxy groups -OCH3 is 1. The van der Waals surface area contributed by atoms with Crippen LogP contribution in [-0.2, 0) is 19.1 Å². The number of esters is 2. The van der Waals surface area contributed by atoms with E-state index in [-0.39, 0.29) is 30.8 Å². The lowest BCUT2D eigenvalue weighted by atomic mass is 9.84. The maximum atomic E-state index is 13.4. The van der Waals surface area contributed by atoms with Crippen molar-refractivity contribution in [1.29, 1.82) is 0 Å². The summed E-state index contributed by atoms with van der Waals surface area (Å²) in [5.74, 6) is -2.22. The average Bonchev–Trinajstić information content (AvgIpc) is 3.80. The van der Waals surface area contributed by atoms with Gasteiger partial charge in [-0.05, 0) is 68.6 Å². The number of allylic oxidation sites excluding steroid dienone is 10. The van der Waals surface area contributed by atoms with Crippen LogP contribution in [0, 0.1) is 17.8 Å². The molecule has 1 saturated heterocycles. The average molecular weight is 637 g/mol. The van der Waals surface area contributed by atoms with Crippen LogP contribution in [0.4, 0.5) is 0 Å². The van der Waals surface area contributed by atoms with E-state index in [0.29, 0.717) is 58.1 Å². The van der Waals surface area contributed by atoms with E-state index >= 15 is 0 Å². The number of hydrogen-bond donors (Lipinski definition) is 3. The number of nitrogens with zero attached hydrogens (tertiary/aromatic N) is 3. The first-order valence-electron chi connectivity index (χ1n) is 16.1. The molecule has 4 atom stereocenters. The molecule has 0 radical (unpaired) electrons. The second-order valence-corrected chi connectivity index (χ2v) is 12.3. The molecule has 8 bridgehead atoms. The standard InChI is InChI=1S/C37H40N4O6/c1-8-20-17(4)24-13-25-18(5)22(11-12-30(43)47-10-3)34(40-25)32-33(37(45)46-7)36(44)31-19(6)26(41-35(31)32)14-28-21(9-2)23(16-42)29(39-28)15-27(20)38-24/h8,13-16,18,22,33,36,40,42,44H,1,9-12H2,2-7H3/b23-16-,25-13?,26-14?,27-15?,34-32?/t18-,22-,33+,36?/m0/s1. The number of aliphatic hydroxyl groups is 2. The third kappa shape index (κ3) is 5.11. The van der Waals surface area contributed by atoms with E-state index < -0.39 is 18.0 Å². The van der Waals surface area contributed by atoms with Crippen molar-refractivity contribution >= 4 is 29.1 Å². The smallest absolute Gasteiger partial charge is 0.316 e. The Morgan fingerprint density at radius 3 is 2.47 bits per heavy atom. The van der Waals surface area contributed by atoms with Crippen LogP contribution in [-0.4, -0.2) is 59.1 Å². The van der Waals surface area contributed by atoms with Gasteiger partial charge in [-0.25, -0.2) is 15.0 Å². The SMILES string of the molecule is C=CC1=C(C)C2=NC1=CC1=NC(=C(CC)/C1=C/O)C=C1N=C3C(=C1C)C(O)[C@H](C(=O)OC)C3=C1NC(=C2)[C@@H](C)[C@@H]1CCC(=O)OCC. The monoisotopic (exact) mass is 636 g/mol. The van der Waals surface area contributed by atoms with E-state index in [1.165, 1.54) is 7.11 Å². The van der Waals surface area contributed by atoms with Gasteiger partial charge in [-0.1, -0.05) is 26.5 Å². The van der Waals surface area contributed by atoms with Crippen molar-refractivity contribution < 1.29 is 29.3 Å². The van der Waals surface area contributed by atoms with Gasteiger partial charge in [0.15, 0.2) is 0 Å². The van der Waals surface area contributed by atoms with Crippen molar-refractivity contribution in [3.8, 4) is 0 Å². The third-order valence-electron chi connectivity index (χ3n) is 9.89. The molecule has 10 nitrogen and oxygen atoms in total. The van der Waals surface area contributed by atoms with Crippen LogP contribution in [0.3, 0.4) is 0 Å². The van der Waals surface area contributed by atoms with Gasteiger partial charge in [0.25, 0.3) is 0 Å². The Balaban J connectivity index is 1.65. The number of rotatable bonds is 7. The minimum Gasteiger partial charge on any atom is -0.515 e. The molecule has 1 saturated carbocycles. The van der Waals surface area contributed by atoms with Crippen molar-refractivity contribution in [2.45, 2.75) is 60.0 Å². The number of carbonyl (C=O) groups is 2. The molecule has 0 spiro atoms. The summed E-state index contributed by atoms with van der Waals surface area (Å²) < 4.78 is 10.5. The Labute approximate surface area is 274 Å². The van der Waals surface area contributed by atoms with E-state index in [1.807, 2.05) is 39.0 Å². The Morgan fingerprint density at radius 1 is 1.04 bits per heavy atom. The molecule has 10 heteroatoms. The van der Waals surface area contributed by atoms with Gasteiger partial charge in [-0.15, -0.1) is 0 Å². The van der Waals surface area contributed by atoms with Gasteiger partial charge < -0.3 is 25.0 Å². The van der Waals surface area contributed by atoms with E-state index in [9.17, 15) is 19.8 Å². The van der Waals surface area contributed by atoms with Crippen LogP contribution in [0.5, 0.6) is 0 Å². The van der Waals surface area contributed by atoms with Crippen LogP contribution in [0.1, 0.15) is 53.9 Å². The second kappa shape index (κ2) is 12.4. The van der Waals surface area contributed by atoms with E-state index in [4.69, 9.17) is 24.5 Å². The van der Waals surface area contributed by atoms with E-state index in [0.717, 1.165) is 45.7 Å². The Morgan fingerprint density at radius 2 is 1.81 bits per heavy atom. The molecule has 244 valence electrons. The van der Waals surface area contributed by atoms with Crippen molar-refractivity contribution in [2.75, 3.05) is 13.7 Å². The van der Waals surface area contributed by atoms with E-state index in [2.05, 4.69) is 18.8 Å². The molecule has 0 aromatic carbocycles. The molecule has 5 heterocycles. The molecule has 3 N–H and O–H groups in total. The van der Waals surface area contributed by atoms with Crippen LogP contribution >= 0.6 is 0 Å². The first-order valence-corrected chi connectivity index (χ1v) is 16.1. The maximum absolute atomic E-state index is 13.4. The van der Waals surface area contributed by atoms with Gasteiger partial charge >= 0.3 is 11.9 Å². The highest BCUT2D eigenvalue weighted by Crippen LogP contribution is 2.49. The van der Waals surface area contributed by atoms with Crippen molar-refractivity contribution in [1.82, 2.24) is 5.32 Å². The molecule has 2 fully saturated rings. The minimum atomic E-state index is -1.19. The topological polar surface area (TPSA) is 142 Å². The van der Waals surface area contributed by atoms with Gasteiger partial charge in [0.1, 0.15) is 5.92 Å². The molecule has 5 aliphatic heterocycles. The minimum absolute atomic E-state index is 0.110. The highest BCUT2D eigenvalue weighted by atomic mass is 16.5. The number of aliphatic imine (C=N–C) groups is 3. The molecule has 0 aromatic rings.